The third-order valence-corrected chi connectivity index (χ3v) is 8.59. The summed E-state index contributed by atoms with van der Waals surface area (Å²) in [6, 6.07) is 5.19. The number of anilines is 1. The zero-order chi connectivity index (χ0) is 23.3. The molecule has 0 radical (unpaired) electrons. The van der Waals surface area contributed by atoms with E-state index >= 15 is 0 Å². The van der Waals surface area contributed by atoms with Gasteiger partial charge in [0.15, 0.2) is 0 Å². The number of nitrogens with one attached hydrogen (secondary N) is 1. The molecule has 7 nitrogen and oxygen atoms in total. The van der Waals surface area contributed by atoms with Gasteiger partial charge in [-0.05, 0) is 49.8 Å². The van der Waals surface area contributed by atoms with Crippen molar-refractivity contribution in [1.29, 1.82) is 0 Å². The van der Waals surface area contributed by atoms with Crippen molar-refractivity contribution in [2.24, 2.45) is 5.92 Å². The Morgan fingerprint density at radius 2 is 1.72 bits per heavy atom. The molecule has 8 heteroatoms. The van der Waals surface area contributed by atoms with Gasteiger partial charge in [0.2, 0.25) is 10.0 Å². The van der Waals surface area contributed by atoms with Crippen LogP contribution in [0.2, 0.25) is 0 Å². The van der Waals surface area contributed by atoms with Crippen molar-refractivity contribution in [2.75, 3.05) is 50.7 Å². The van der Waals surface area contributed by atoms with Crippen LogP contribution in [0.3, 0.4) is 0 Å². The average molecular weight is 465 g/mol. The minimum atomic E-state index is -3.62. The van der Waals surface area contributed by atoms with E-state index in [4.69, 9.17) is 0 Å². The van der Waals surface area contributed by atoms with Gasteiger partial charge in [0.05, 0.1) is 10.5 Å². The maximum absolute atomic E-state index is 13.4. The van der Waals surface area contributed by atoms with E-state index in [0.717, 1.165) is 64.1 Å². The molecule has 180 valence electrons. The Morgan fingerprint density at radius 3 is 2.28 bits per heavy atom. The smallest absolute Gasteiger partial charge is 0.253 e. The van der Waals surface area contributed by atoms with E-state index in [9.17, 15) is 13.2 Å². The fourth-order valence-electron chi connectivity index (χ4n) is 4.84. The summed E-state index contributed by atoms with van der Waals surface area (Å²) in [7, 11) is -3.62. The van der Waals surface area contributed by atoms with Crippen LogP contribution in [0.5, 0.6) is 0 Å². The maximum Gasteiger partial charge on any atom is 0.253 e. The van der Waals surface area contributed by atoms with Crippen molar-refractivity contribution in [1.82, 2.24) is 14.5 Å². The van der Waals surface area contributed by atoms with Crippen LogP contribution in [0.4, 0.5) is 5.69 Å². The van der Waals surface area contributed by atoms with Gasteiger partial charge in [-0.15, -0.1) is 0 Å². The molecule has 0 bridgehead atoms. The van der Waals surface area contributed by atoms with E-state index < -0.39 is 10.0 Å². The molecule has 2 heterocycles. The van der Waals surface area contributed by atoms with Crippen LogP contribution >= 0.6 is 0 Å². The highest BCUT2D eigenvalue weighted by Gasteiger charge is 2.28. The van der Waals surface area contributed by atoms with E-state index in [1.54, 1.807) is 12.1 Å². The largest absolute Gasteiger partial charge is 0.371 e. The summed E-state index contributed by atoms with van der Waals surface area (Å²) in [6.45, 7) is 13.8. The lowest BCUT2D eigenvalue weighted by Gasteiger charge is -2.33. The lowest BCUT2D eigenvalue weighted by Crippen LogP contribution is -2.45. The van der Waals surface area contributed by atoms with Gasteiger partial charge >= 0.3 is 0 Å². The Balaban J connectivity index is 1.82. The topological polar surface area (TPSA) is 73.0 Å². The first-order valence-corrected chi connectivity index (χ1v) is 13.6. The molecule has 0 spiro atoms. The predicted octanol–water partition coefficient (Wildman–Crippen LogP) is 3.17. The van der Waals surface area contributed by atoms with Gasteiger partial charge in [-0.1, -0.05) is 27.7 Å². The Labute approximate surface area is 194 Å². The highest BCUT2D eigenvalue weighted by molar-refractivity contribution is 7.89. The van der Waals surface area contributed by atoms with E-state index in [2.05, 4.69) is 29.0 Å². The summed E-state index contributed by atoms with van der Waals surface area (Å²) < 4.78 is 27.6. The third-order valence-electron chi connectivity index (χ3n) is 6.55. The molecule has 3 rings (SSSR count). The van der Waals surface area contributed by atoms with Gasteiger partial charge in [0, 0.05) is 57.5 Å². The summed E-state index contributed by atoms with van der Waals surface area (Å²) >= 11 is 0. The van der Waals surface area contributed by atoms with Crippen molar-refractivity contribution in [3.05, 3.63) is 23.8 Å². The molecule has 2 saturated heterocycles. The van der Waals surface area contributed by atoms with Gasteiger partial charge in [-0.25, -0.2) is 8.42 Å². The third kappa shape index (κ3) is 5.83. The zero-order valence-corrected chi connectivity index (χ0v) is 21.0. The molecule has 0 aliphatic carbocycles. The highest BCUT2D eigenvalue weighted by atomic mass is 32.2. The average Bonchev–Trinajstić information content (AvgIpc) is 3.30. The van der Waals surface area contributed by atoms with Crippen LogP contribution in [0.15, 0.2) is 23.1 Å². The quantitative estimate of drug-likeness (QED) is 0.608. The Morgan fingerprint density at radius 1 is 1.09 bits per heavy atom. The second-order valence-electron chi connectivity index (χ2n) is 9.40. The molecule has 2 aliphatic heterocycles. The normalized spacial score (nSPS) is 18.6. The molecule has 1 N–H and O–H groups in total. The number of hydrogen-bond donors (Lipinski definition) is 1. The number of nitrogens with zero attached hydrogens (tertiary/aromatic N) is 3. The number of hydrogen-bond acceptors (Lipinski definition) is 5. The molecular weight excluding hydrogens is 424 g/mol. The van der Waals surface area contributed by atoms with Crippen molar-refractivity contribution >= 4 is 21.6 Å². The molecule has 1 aromatic carbocycles. The van der Waals surface area contributed by atoms with Gasteiger partial charge in [-0.2, -0.15) is 4.31 Å². The monoisotopic (exact) mass is 464 g/mol. The van der Waals surface area contributed by atoms with Crippen LogP contribution < -0.4 is 10.2 Å². The van der Waals surface area contributed by atoms with Crippen LogP contribution in [0, 0.1) is 5.92 Å². The summed E-state index contributed by atoms with van der Waals surface area (Å²) in [5.74, 6) is 0.477. The molecule has 2 fully saturated rings. The summed E-state index contributed by atoms with van der Waals surface area (Å²) in [6.07, 6.45) is 4.04. The molecular formula is C24H40N4O3S. The maximum atomic E-state index is 13.4. The van der Waals surface area contributed by atoms with Crippen LogP contribution in [-0.2, 0) is 10.0 Å². The second kappa shape index (κ2) is 11.0. The van der Waals surface area contributed by atoms with Crippen LogP contribution in [-0.4, -0.2) is 75.4 Å². The molecule has 1 amide bonds. The number of piperidine rings is 1. The highest BCUT2D eigenvalue weighted by Crippen LogP contribution is 2.29. The van der Waals surface area contributed by atoms with Gasteiger partial charge < -0.3 is 15.1 Å². The Bertz CT molecular complexity index is 869. The first kappa shape index (κ1) is 25.0. The second-order valence-corrected chi connectivity index (χ2v) is 11.3. The van der Waals surface area contributed by atoms with E-state index in [1.165, 1.54) is 4.31 Å². The van der Waals surface area contributed by atoms with Crippen LogP contribution in [0.25, 0.3) is 0 Å². The molecule has 0 saturated carbocycles. The number of benzene rings is 1. The Hall–Kier alpha value is -1.64. The molecule has 0 atom stereocenters. The fourth-order valence-corrected chi connectivity index (χ4v) is 6.33. The van der Waals surface area contributed by atoms with Gasteiger partial charge in [-0.3, -0.25) is 4.79 Å². The minimum absolute atomic E-state index is 0.125. The number of sulfonamides is 1. The minimum Gasteiger partial charge on any atom is -0.371 e. The molecule has 32 heavy (non-hydrogen) atoms. The summed E-state index contributed by atoms with van der Waals surface area (Å²) in [5.41, 5.74) is 1.32. The van der Waals surface area contributed by atoms with E-state index in [0.29, 0.717) is 24.6 Å². The Kier molecular flexibility index (Phi) is 8.58. The van der Waals surface area contributed by atoms with E-state index in [1.807, 2.05) is 19.9 Å². The van der Waals surface area contributed by atoms with Crippen molar-refractivity contribution in [3.8, 4) is 0 Å². The SMILES string of the molecule is CCN(CC)S(=O)(=O)c1ccc(N2CCCC2)c(C(=O)NC2CCN(CC(C)C)CC2)c1. The van der Waals surface area contributed by atoms with Crippen molar-refractivity contribution in [2.45, 2.75) is 64.3 Å². The lowest BCUT2D eigenvalue weighted by atomic mass is 10.0. The predicted molar refractivity (Wildman–Crippen MR) is 130 cm³/mol. The van der Waals surface area contributed by atoms with Gasteiger partial charge in [0.25, 0.3) is 5.91 Å². The van der Waals surface area contributed by atoms with E-state index in [-0.39, 0.29) is 16.8 Å². The lowest BCUT2D eigenvalue weighted by molar-refractivity contribution is 0.0907. The summed E-state index contributed by atoms with van der Waals surface area (Å²) in [5, 5.41) is 3.21. The number of amides is 1. The molecule has 0 unspecified atom stereocenters. The standard InChI is InChI=1S/C24H40N4O3S/c1-5-28(6-2)32(30,31)21-9-10-23(27-13-7-8-14-27)22(17-21)24(29)25-20-11-15-26(16-12-20)18-19(3)4/h9-10,17,19-20H,5-8,11-16,18H2,1-4H3,(H,25,29). The van der Waals surface area contributed by atoms with Crippen LogP contribution in [0.1, 0.15) is 63.7 Å². The number of carbonyl (C=O) groups is 1. The van der Waals surface area contributed by atoms with Crippen molar-refractivity contribution < 1.29 is 13.2 Å². The fraction of sp³-hybridized carbons (Fsp3) is 0.708. The van der Waals surface area contributed by atoms with Gasteiger partial charge in [0.1, 0.15) is 0 Å². The summed E-state index contributed by atoms with van der Waals surface area (Å²) in [4.78, 5) is 18.2. The number of rotatable bonds is 9. The number of carbonyl (C=O) groups excluding carboxylic acids is 1. The number of likely N-dealkylation sites (tertiary alicyclic amines) is 1. The van der Waals surface area contributed by atoms with Crippen molar-refractivity contribution in [3.63, 3.8) is 0 Å². The molecule has 2 aliphatic rings. The zero-order valence-electron chi connectivity index (χ0n) is 20.1. The molecule has 0 aromatic heterocycles. The molecule has 1 aromatic rings. The first-order chi connectivity index (χ1) is 15.3. The first-order valence-electron chi connectivity index (χ1n) is 12.2.